The van der Waals surface area contributed by atoms with Crippen LogP contribution in [-0.2, 0) is 9.59 Å². The topological polar surface area (TPSA) is 72.8 Å². The number of rotatable bonds is 5. The Balaban J connectivity index is 1.86. The highest BCUT2D eigenvalue weighted by atomic mass is 32.1. The number of hydrazone groups is 1. The van der Waals surface area contributed by atoms with Crippen LogP contribution in [0.25, 0.3) is 0 Å². The van der Waals surface area contributed by atoms with Gasteiger partial charge in [-0.25, -0.2) is 5.01 Å². The van der Waals surface area contributed by atoms with Crippen molar-refractivity contribution in [3.63, 3.8) is 0 Å². The van der Waals surface area contributed by atoms with Crippen LogP contribution in [0.2, 0.25) is 0 Å². The van der Waals surface area contributed by atoms with Crippen molar-refractivity contribution < 1.29 is 14.7 Å². The van der Waals surface area contributed by atoms with Gasteiger partial charge in [-0.05, 0) is 23.4 Å². The van der Waals surface area contributed by atoms with Gasteiger partial charge >= 0.3 is 0 Å². The largest absolute Gasteiger partial charge is 0.550 e. The molecule has 1 atom stereocenters. The summed E-state index contributed by atoms with van der Waals surface area (Å²) in [6, 6.07) is 13.4. The number of thiophene rings is 1. The van der Waals surface area contributed by atoms with Gasteiger partial charge in [0.25, 0.3) is 0 Å². The fraction of sp³-hybridized carbons (Fsp3) is 0.235. The van der Waals surface area contributed by atoms with Gasteiger partial charge in [0.05, 0.1) is 16.6 Å². The van der Waals surface area contributed by atoms with Gasteiger partial charge in [-0.3, -0.25) is 4.79 Å². The molecule has 0 unspecified atom stereocenters. The lowest BCUT2D eigenvalue weighted by atomic mass is 10.0. The molecular weight excluding hydrogens is 312 g/mol. The van der Waals surface area contributed by atoms with Crippen molar-refractivity contribution in [2.24, 2.45) is 5.10 Å². The molecule has 1 aromatic carbocycles. The molecule has 5 nitrogen and oxygen atoms in total. The van der Waals surface area contributed by atoms with E-state index in [1.165, 1.54) is 5.01 Å². The average Bonchev–Trinajstić information content (AvgIpc) is 3.22. The van der Waals surface area contributed by atoms with E-state index in [1.54, 1.807) is 11.3 Å². The van der Waals surface area contributed by atoms with Gasteiger partial charge in [-0.1, -0.05) is 36.4 Å². The number of hydrogen-bond acceptors (Lipinski definition) is 5. The maximum absolute atomic E-state index is 12.4. The predicted octanol–water partition coefficient (Wildman–Crippen LogP) is 1.96. The van der Waals surface area contributed by atoms with Crippen LogP contribution in [0.4, 0.5) is 0 Å². The summed E-state index contributed by atoms with van der Waals surface area (Å²) in [7, 11) is 0. The number of amides is 1. The first-order valence-electron chi connectivity index (χ1n) is 7.33. The molecule has 1 aromatic heterocycles. The van der Waals surface area contributed by atoms with Crippen molar-refractivity contribution >= 4 is 28.9 Å². The molecule has 0 saturated carbocycles. The lowest BCUT2D eigenvalue weighted by molar-refractivity contribution is -0.305. The van der Waals surface area contributed by atoms with E-state index in [9.17, 15) is 14.7 Å². The summed E-state index contributed by atoms with van der Waals surface area (Å²) >= 11 is 1.58. The Labute approximate surface area is 137 Å². The Morgan fingerprint density at radius 1 is 1.17 bits per heavy atom. The van der Waals surface area contributed by atoms with E-state index in [0.717, 1.165) is 16.2 Å². The van der Waals surface area contributed by atoms with Crippen LogP contribution in [0.15, 0.2) is 52.9 Å². The molecule has 0 radical (unpaired) electrons. The van der Waals surface area contributed by atoms with Gasteiger partial charge in [-0.15, -0.1) is 11.3 Å². The van der Waals surface area contributed by atoms with E-state index < -0.39 is 5.97 Å². The van der Waals surface area contributed by atoms with E-state index in [2.05, 4.69) is 5.10 Å². The van der Waals surface area contributed by atoms with Crippen molar-refractivity contribution in [2.75, 3.05) is 0 Å². The Morgan fingerprint density at radius 3 is 2.61 bits per heavy atom. The number of carbonyl (C=O) groups excluding carboxylic acids is 2. The molecule has 3 rings (SSSR count). The van der Waals surface area contributed by atoms with Crippen LogP contribution >= 0.6 is 11.3 Å². The normalized spacial score (nSPS) is 17.1. The number of nitrogens with zero attached hydrogens (tertiary/aromatic N) is 2. The zero-order valence-corrected chi connectivity index (χ0v) is 13.2. The van der Waals surface area contributed by atoms with Crippen LogP contribution in [0.5, 0.6) is 0 Å². The molecule has 0 saturated heterocycles. The van der Waals surface area contributed by atoms with E-state index in [1.807, 2.05) is 47.8 Å². The molecule has 0 N–H and O–H groups in total. The summed E-state index contributed by atoms with van der Waals surface area (Å²) in [5.74, 6) is -1.52. The van der Waals surface area contributed by atoms with Crippen molar-refractivity contribution in [3.8, 4) is 0 Å². The summed E-state index contributed by atoms with van der Waals surface area (Å²) in [6.07, 6.45) is 0.231. The van der Waals surface area contributed by atoms with E-state index in [4.69, 9.17) is 0 Å². The molecule has 6 heteroatoms. The van der Waals surface area contributed by atoms with Crippen LogP contribution in [0.1, 0.15) is 35.7 Å². The van der Waals surface area contributed by atoms with Crippen LogP contribution in [0, 0.1) is 0 Å². The minimum Gasteiger partial charge on any atom is -0.550 e. The number of carbonyl (C=O) groups is 2. The summed E-state index contributed by atoms with van der Waals surface area (Å²) in [5, 5.41) is 18.5. The summed E-state index contributed by atoms with van der Waals surface area (Å²) in [4.78, 5) is 24.0. The second-order valence-electron chi connectivity index (χ2n) is 5.26. The third kappa shape index (κ3) is 3.48. The Kier molecular flexibility index (Phi) is 4.52. The molecule has 0 aliphatic carbocycles. The maximum atomic E-state index is 12.4. The fourth-order valence-electron chi connectivity index (χ4n) is 2.59. The highest BCUT2D eigenvalue weighted by Gasteiger charge is 2.32. The standard InChI is InChI=1S/C17H16N2O3S/c20-16(8-9-17(21)22)19-14(12-5-2-1-3-6-12)11-13(18-19)15-7-4-10-23-15/h1-7,10,14H,8-9,11H2,(H,21,22)/p-1/t14-/m0/s1. The molecule has 1 aliphatic heterocycles. The molecule has 0 bridgehead atoms. The highest BCUT2D eigenvalue weighted by molar-refractivity contribution is 7.12. The number of carboxylic acids is 1. The Hall–Kier alpha value is -2.47. The molecule has 2 heterocycles. The Morgan fingerprint density at radius 2 is 1.96 bits per heavy atom. The minimum absolute atomic E-state index is 0.104. The summed E-state index contributed by atoms with van der Waals surface area (Å²) in [6.45, 7) is 0. The molecule has 0 spiro atoms. The second-order valence-corrected chi connectivity index (χ2v) is 6.21. The summed E-state index contributed by atoms with van der Waals surface area (Å²) < 4.78 is 0. The van der Waals surface area contributed by atoms with Crippen LogP contribution < -0.4 is 5.11 Å². The van der Waals surface area contributed by atoms with Gasteiger partial charge in [-0.2, -0.15) is 5.10 Å². The molecular formula is C17H15N2O3S-. The van der Waals surface area contributed by atoms with Crippen LogP contribution in [-0.4, -0.2) is 22.6 Å². The first-order chi connectivity index (χ1) is 11.1. The zero-order chi connectivity index (χ0) is 16.2. The molecule has 1 aliphatic rings. The maximum Gasteiger partial charge on any atom is 0.243 e. The van der Waals surface area contributed by atoms with Gasteiger partial charge in [0.1, 0.15) is 0 Å². The van der Waals surface area contributed by atoms with E-state index in [-0.39, 0.29) is 24.8 Å². The van der Waals surface area contributed by atoms with Crippen molar-refractivity contribution in [3.05, 3.63) is 58.3 Å². The smallest absolute Gasteiger partial charge is 0.243 e. The number of benzene rings is 1. The number of hydrogen-bond donors (Lipinski definition) is 0. The Bertz CT molecular complexity index is 726. The number of carboxylic acid groups (broad SMARTS) is 1. The summed E-state index contributed by atoms with van der Waals surface area (Å²) in [5.41, 5.74) is 1.85. The quantitative estimate of drug-likeness (QED) is 0.842. The predicted molar refractivity (Wildman–Crippen MR) is 85.7 cm³/mol. The molecule has 2 aromatic rings. The first kappa shape index (κ1) is 15.4. The molecule has 23 heavy (non-hydrogen) atoms. The average molecular weight is 327 g/mol. The first-order valence-corrected chi connectivity index (χ1v) is 8.21. The second kappa shape index (κ2) is 6.75. The van der Waals surface area contributed by atoms with Crippen molar-refractivity contribution in [1.29, 1.82) is 0 Å². The molecule has 118 valence electrons. The SMILES string of the molecule is O=C([O-])CCC(=O)N1N=C(c2cccs2)C[C@H]1c1ccccc1. The highest BCUT2D eigenvalue weighted by Crippen LogP contribution is 2.34. The van der Waals surface area contributed by atoms with Gasteiger partial charge in [0, 0.05) is 18.8 Å². The van der Waals surface area contributed by atoms with Crippen LogP contribution in [0.3, 0.4) is 0 Å². The van der Waals surface area contributed by atoms with Crippen molar-refractivity contribution in [2.45, 2.75) is 25.3 Å². The lowest BCUT2D eigenvalue weighted by Crippen LogP contribution is -2.29. The van der Waals surface area contributed by atoms with E-state index >= 15 is 0 Å². The van der Waals surface area contributed by atoms with Gasteiger partial charge in [0.15, 0.2) is 0 Å². The molecule has 1 amide bonds. The third-order valence-corrected chi connectivity index (χ3v) is 4.62. The number of aliphatic carboxylic acids is 1. The minimum atomic E-state index is -1.23. The lowest BCUT2D eigenvalue weighted by Gasteiger charge is -2.22. The van der Waals surface area contributed by atoms with E-state index in [0.29, 0.717) is 6.42 Å². The monoisotopic (exact) mass is 327 g/mol. The fourth-order valence-corrected chi connectivity index (χ4v) is 3.31. The van der Waals surface area contributed by atoms with Crippen molar-refractivity contribution in [1.82, 2.24) is 5.01 Å². The molecule has 0 fully saturated rings. The van der Waals surface area contributed by atoms with Gasteiger partial charge < -0.3 is 9.90 Å². The van der Waals surface area contributed by atoms with Gasteiger partial charge in [0.2, 0.25) is 5.91 Å². The third-order valence-electron chi connectivity index (χ3n) is 3.70. The zero-order valence-electron chi connectivity index (χ0n) is 12.3.